The van der Waals surface area contributed by atoms with Gasteiger partial charge in [0.15, 0.2) is 33.5 Å². The van der Waals surface area contributed by atoms with Gasteiger partial charge in [0, 0.05) is 46.8 Å². The van der Waals surface area contributed by atoms with Crippen molar-refractivity contribution in [2.45, 2.75) is 168 Å². The van der Waals surface area contributed by atoms with Gasteiger partial charge in [0.1, 0.15) is 69.4 Å². The highest BCUT2D eigenvalue weighted by Gasteiger charge is 2.46. The molecule has 0 aliphatic carbocycles. The van der Waals surface area contributed by atoms with E-state index in [1.165, 1.54) is 42.3 Å². The van der Waals surface area contributed by atoms with Crippen LogP contribution < -0.4 is 32.6 Å². The Balaban J connectivity index is 0.000000281. The van der Waals surface area contributed by atoms with Gasteiger partial charge in [-0.15, -0.1) is 0 Å². The molecule has 9 rings (SSSR count). The van der Waals surface area contributed by atoms with Crippen LogP contribution in [0.25, 0.3) is 38.3 Å². The number of nitrogens with one attached hydrogen (secondary N) is 6. The van der Waals surface area contributed by atoms with Gasteiger partial charge in [0.2, 0.25) is 45.0 Å². The Labute approximate surface area is 592 Å². The van der Waals surface area contributed by atoms with Gasteiger partial charge in [-0.1, -0.05) is 41.5 Å². The molecule has 11 N–H and O–H groups in total. The van der Waals surface area contributed by atoms with E-state index in [1.807, 2.05) is 32.4 Å². The predicted octanol–water partition coefficient (Wildman–Crippen LogP) is 2.66. The topological polar surface area (TPSA) is 461 Å². The Morgan fingerprint density at radius 3 is 1.35 bits per heavy atom. The van der Waals surface area contributed by atoms with E-state index in [9.17, 15) is 57.3 Å². The van der Waals surface area contributed by atoms with Crippen LogP contribution in [-0.4, -0.2) is 270 Å². The molecule has 0 aromatic carbocycles. The number of carbonyl (C=O) groups excluding carboxylic acids is 3. The minimum absolute atomic E-state index is 0.00681. The summed E-state index contributed by atoms with van der Waals surface area (Å²) in [5, 5.41) is 45.0. The quantitative estimate of drug-likeness (QED) is 0.0201. The zero-order valence-electron chi connectivity index (χ0n) is 62.8. The van der Waals surface area contributed by atoms with Crippen molar-refractivity contribution in [1.29, 1.82) is 2.86 Å². The molecular formula is C62H97F3N17O19P. The molecule has 36 nitrogen and oxygen atoms in total. The fourth-order valence-corrected chi connectivity index (χ4v) is 12.3. The number of H-pyrrole nitrogens is 3. The molecule has 9 heterocycles. The van der Waals surface area contributed by atoms with Gasteiger partial charge in [0.25, 0.3) is 25.2 Å². The zero-order valence-corrected chi connectivity index (χ0v) is 59.7. The Morgan fingerprint density at radius 2 is 1.00 bits per heavy atom. The molecule has 0 saturated carbocycles. The van der Waals surface area contributed by atoms with Crippen LogP contribution in [0.5, 0.6) is 0 Å². The molecule has 3 aliphatic heterocycles. The van der Waals surface area contributed by atoms with Crippen molar-refractivity contribution in [3.05, 3.63) is 61.5 Å². The molecule has 3 fully saturated rings. The van der Waals surface area contributed by atoms with Crippen LogP contribution in [0.3, 0.4) is 0 Å². The van der Waals surface area contributed by atoms with Gasteiger partial charge >= 0.3 is 0 Å². The van der Waals surface area contributed by atoms with Crippen molar-refractivity contribution >= 4 is 77.6 Å². The zero-order chi connectivity index (χ0) is 78.6. The summed E-state index contributed by atoms with van der Waals surface area (Å²) in [6.07, 6.45) is -4.20. The number of rotatable bonds is 27. The number of halogens is 3. The number of hydrogen-bond donors (Lipinski definition) is 11. The third-order valence-electron chi connectivity index (χ3n) is 15.6. The van der Waals surface area contributed by atoms with Gasteiger partial charge in [-0.3, -0.25) is 59.7 Å². The summed E-state index contributed by atoms with van der Waals surface area (Å²) < 4.78 is 119. The molecule has 3 saturated heterocycles. The lowest BCUT2D eigenvalue weighted by atomic mass is 9.98. The van der Waals surface area contributed by atoms with E-state index < -0.39 is 125 Å². The Bertz CT molecular complexity index is 3770. The number of ether oxygens (including phenoxy) is 6. The van der Waals surface area contributed by atoms with E-state index in [4.69, 9.17) is 49.6 Å². The summed E-state index contributed by atoms with van der Waals surface area (Å²) >= 11 is 0. The molecule has 3 amide bonds. The number of anilines is 3. The average Bonchev–Trinajstić information content (AvgIpc) is 1.55. The van der Waals surface area contributed by atoms with Crippen molar-refractivity contribution in [3.8, 4) is 0 Å². The summed E-state index contributed by atoms with van der Waals surface area (Å²) in [4.78, 5) is 110. The normalized spacial score (nSPS) is 23.6. The summed E-state index contributed by atoms with van der Waals surface area (Å²) in [6, 6.07) is -1.97. The number of aliphatic hydroxyl groups is 5. The minimum Gasteiger partial charge on any atom is -0.400 e. The van der Waals surface area contributed by atoms with E-state index in [1.54, 1.807) is 46.1 Å². The number of fused-ring (bicyclic) bond motifs is 3. The lowest BCUT2D eigenvalue weighted by Crippen LogP contribution is -2.53. The smallest absolute Gasteiger partial charge is 0.280 e. The highest BCUT2D eigenvalue weighted by atomic mass is 31.2. The summed E-state index contributed by atoms with van der Waals surface area (Å²) in [6.45, 7) is 22.0. The SMILES string of the molecule is CC(C)C(=O)Nc1nc2c(ncn2[C@@H]2CO[C@H](CO)[C@@H](O)[C@H]2OCCF)c(=O)[nH]1.[2H]C[C@H]1OC[C@@H](n2cnc3c(=O)[nH]c(NC(=O)C(C)C)nc32)[C@H](OCCF)[C@@H]1O.[2H]C[C@H]1OC[C@@H](n2cnc3c(=O)[nH]c(NC(=O)C(C)C)nc32)[C@H](OCCF)[C@@H]1OP(OCC[N+]#[C-])N(C(C)C)C(C)C.[3H]OC.[3H]OC. The summed E-state index contributed by atoms with van der Waals surface area (Å²) in [5.74, 6) is -2.08. The maximum absolute atomic E-state index is 13.5. The van der Waals surface area contributed by atoms with Gasteiger partial charge in [0.05, 0.1) is 95.6 Å². The van der Waals surface area contributed by atoms with Crippen molar-refractivity contribution in [2.24, 2.45) is 17.8 Å². The van der Waals surface area contributed by atoms with Crippen LogP contribution in [0, 0.1) is 24.3 Å². The van der Waals surface area contributed by atoms with E-state index in [0.29, 0.717) is 0 Å². The first-order valence-electron chi connectivity index (χ1n) is 34.8. The third-order valence-corrected chi connectivity index (χ3v) is 17.7. The maximum atomic E-state index is 13.5. The number of alkyl halides is 3. The standard InChI is InChI=1S/C26H41FN7O6P.C17H24FN5O6.C17H24FN5O5.2CH4O/c1-15(2)24(35)31-26-30-23-20(25(36)32-26)29-14-33(23)19-13-38-18(7)21(22(19)37-11-9-27)40-41(39-12-10-28-8)34(16(3)4)17(5)6;1-8(2)15(26)21-17-20-14-11(16(27)22-17)19-7-23(14)9-6-29-10(5-24)12(25)13(9)28-4-3-18;1-8(2)15(25)21-17-20-14-11(16(26)22-17)19-7-23(14)10-6-28-9(3)12(24)13(10)27-5-4-18;2*1-2/h14-19,21-22H,9-13H2,1-7H3,(H2,30,31,32,35,36);7-10,12-13,24-25H,3-6H2,1-2H3,(H2,20,21,22,26,27);7-10,12-13,24H,4-6H2,1-3H3,(H2,20,21,22,25,26);2*2H,1H3/t18-,19-,21-,22+,41?;2*9-,10-,12-,13+;;/m111../s1/i7D;;3D;2*2T. The van der Waals surface area contributed by atoms with Crippen LogP contribution in [0.4, 0.5) is 31.0 Å². The van der Waals surface area contributed by atoms with Gasteiger partial charge in [-0.2, -0.15) is 15.0 Å². The highest BCUT2D eigenvalue weighted by molar-refractivity contribution is 7.44. The number of aromatic amines is 3. The third kappa shape index (κ3) is 21.6. The molecule has 3 aliphatic rings. The fourth-order valence-electron chi connectivity index (χ4n) is 10.6. The monoisotopic (exact) mass is 1480 g/mol. The number of imidazole rings is 3. The first-order chi connectivity index (χ1) is 50.6. The van der Waals surface area contributed by atoms with E-state index >= 15 is 0 Å². The molecule has 13 atom stereocenters. The van der Waals surface area contributed by atoms with Crippen LogP contribution in [-0.2, 0) is 51.9 Å². The number of amides is 3. The lowest BCUT2D eigenvalue weighted by Gasteiger charge is -2.44. The number of hydrogen-bond acceptors (Lipinski definition) is 26. The Kier molecular flexibility index (Phi) is 31.8. The summed E-state index contributed by atoms with van der Waals surface area (Å²) in [7, 11) is 0.844. The molecule has 6 aromatic rings. The second-order valence-electron chi connectivity index (χ2n) is 24.3. The maximum Gasteiger partial charge on any atom is 0.280 e. The van der Waals surface area contributed by atoms with Crippen molar-refractivity contribution in [3.63, 3.8) is 0 Å². The largest absolute Gasteiger partial charge is 0.400 e. The van der Waals surface area contributed by atoms with Gasteiger partial charge in [-0.05, 0) is 41.5 Å². The van der Waals surface area contributed by atoms with Crippen LogP contribution >= 0.6 is 8.53 Å². The molecular weight excluding hydrogens is 1370 g/mol. The molecule has 0 bridgehead atoms. The first kappa shape index (κ1) is 78.7. The number of aliphatic hydroxyl groups excluding tert-OH is 5. The molecule has 0 spiro atoms. The second-order valence-corrected chi connectivity index (χ2v) is 25.7. The minimum atomic E-state index is -1.74. The van der Waals surface area contributed by atoms with Crippen LogP contribution in [0.1, 0.15) is 104 Å². The Hall–Kier alpha value is -7.39. The molecule has 40 heteroatoms. The van der Waals surface area contributed by atoms with E-state index in [0.717, 1.165) is 0 Å². The number of carbonyl (C=O) groups is 3. The molecule has 570 valence electrons. The second kappa shape index (κ2) is 41.2. The predicted molar refractivity (Wildman–Crippen MR) is 366 cm³/mol. The lowest BCUT2D eigenvalue weighted by molar-refractivity contribution is -0.186. The van der Waals surface area contributed by atoms with E-state index in [-0.39, 0.29) is 165 Å². The number of aromatic nitrogens is 12. The van der Waals surface area contributed by atoms with Gasteiger partial charge < -0.3 is 81.6 Å². The molecule has 6 aromatic heterocycles. The first-order valence-corrected chi connectivity index (χ1v) is 33.7. The summed E-state index contributed by atoms with van der Waals surface area (Å²) in [5.41, 5.74) is -1.08. The van der Waals surface area contributed by atoms with Crippen molar-refractivity contribution in [2.75, 3.05) is 110 Å². The fraction of sp³-hybridized carbons (Fsp3) is 0.694. The molecule has 0 radical (unpaired) electrons. The van der Waals surface area contributed by atoms with Gasteiger partial charge in [-0.25, -0.2) is 39.4 Å². The number of nitrogens with zero attached hydrogens (tertiary/aromatic N) is 11. The van der Waals surface area contributed by atoms with Crippen molar-refractivity contribution in [1.82, 2.24) is 63.2 Å². The van der Waals surface area contributed by atoms with Crippen LogP contribution in [0.2, 0.25) is 0 Å². The van der Waals surface area contributed by atoms with Crippen molar-refractivity contribution < 1.29 is 93.3 Å². The molecule has 102 heavy (non-hydrogen) atoms. The molecule has 1 unspecified atom stereocenters. The highest BCUT2D eigenvalue weighted by Crippen LogP contribution is 2.49. The Morgan fingerprint density at radius 1 is 0.637 bits per heavy atom. The van der Waals surface area contributed by atoms with E-state index in [2.05, 4.69) is 75.9 Å². The van der Waals surface area contributed by atoms with Crippen LogP contribution in [0.15, 0.2) is 33.4 Å². The average molecular weight is 1480 g/mol.